The summed E-state index contributed by atoms with van der Waals surface area (Å²) >= 11 is 0. The van der Waals surface area contributed by atoms with Gasteiger partial charge in [-0.3, -0.25) is 37.3 Å². The fourth-order valence-corrected chi connectivity index (χ4v) is 13.9. The summed E-state index contributed by atoms with van der Waals surface area (Å²) in [4.78, 5) is 72.7. The standard InChI is InChI=1S/C80H156O17P2/c1-7-9-11-13-14-15-16-17-18-21-25-30-35-40-45-51-57-63-78(83)91-69-76(97-80(85)65-58-52-46-41-36-31-26-23-20-19-22-24-28-33-38-43-49-54-60-72(3)4)71-95-99(88,89)93-67-74(81)66-92-98(86,87)94-70-75(68-90-77(82)62-56-48-12-10-8-2)96-79(84)64-59-53-47-42-37-32-27-29-34-39-44-50-55-61-73(5)6/h72-76,81H,7-71H2,1-6H3,(H,86,87)(H,88,89)/t74-,75+,76+/m0/s1. The van der Waals surface area contributed by atoms with Crippen LogP contribution in [0.5, 0.6) is 0 Å². The second-order valence-electron chi connectivity index (χ2n) is 29.8. The number of hydrogen-bond acceptors (Lipinski definition) is 15. The molecule has 0 aliphatic heterocycles. The van der Waals surface area contributed by atoms with Gasteiger partial charge in [0, 0.05) is 25.7 Å². The molecule has 2 unspecified atom stereocenters. The first kappa shape index (κ1) is 97.1. The quantitative estimate of drug-likeness (QED) is 0.0222. The average molecular weight is 1450 g/mol. The van der Waals surface area contributed by atoms with Gasteiger partial charge in [-0.15, -0.1) is 0 Å². The van der Waals surface area contributed by atoms with Gasteiger partial charge in [0.05, 0.1) is 26.4 Å². The van der Waals surface area contributed by atoms with Gasteiger partial charge in [0.1, 0.15) is 19.3 Å². The maximum Gasteiger partial charge on any atom is 0.472 e. The minimum Gasteiger partial charge on any atom is -0.462 e. The molecule has 0 radical (unpaired) electrons. The van der Waals surface area contributed by atoms with Gasteiger partial charge < -0.3 is 33.8 Å². The topological polar surface area (TPSA) is 237 Å². The Morgan fingerprint density at radius 2 is 0.465 bits per heavy atom. The summed E-state index contributed by atoms with van der Waals surface area (Å²) in [7, 11) is -9.91. The van der Waals surface area contributed by atoms with E-state index in [9.17, 15) is 43.2 Å². The predicted octanol–water partition coefficient (Wildman–Crippen LogP) is 23.9. The lowest BCUT2D eigenvalue weighted by Crippen LogP contribution is -2.30. The molecule has 0 aromatic rings. The molecule has 19 heteroatoms. The molecule has 0 bridgehead atoms. The lowest BCUT2D eigenvalue weighted by atomic mass is 10.0. The molecule has 0 aromatic carbocycles. The van der Waals surface area contributed by atoms with Crippen molar-refractivity contribution in [2.75, 3.05) is 39.6 Å². The van der Waals surface area contributed by atoms with E-state index in [1.807, 2.05) is 0 Å². The zero-order valence-corrected chi connectivity index (χ0v) is 66.6. The lowest BCUT2D eigenvalue weighted by Gasteiger charge is -2.21. The SMILES string of the molecule is CCCCCCCCCCCCCCCCCCCC(=O)OC[C@H](COP(=O)(O)OC[C@@H](O)COP(=O)(O)OC[C@@H](COC(=O)CCCCCCC)OC(=O)CCCCCCCCCCCCCCCC(C)C)OC(=O)CCCCCCCCCCCCCCCCCCCCC(C)C. The van der Waals surface area contributed by atoms with Crippen LogP contribution in [0.3, 0.4) is 0 Å². The van der Waals surface area contributed by atoms with Crippen LogP contribution in [0.25, 0.3) is 0 Å². The molecule has 17 nitrogen and oxygen atoms in total. The summed E-state index contributed by atoms with van der Waals surface area (Å²) in [5.41, 5.74) is 0. The fraction of sp³-hybridized carbons (Fsp3) is 0.950. The van der Waals surface area contributed by atoms with Crippen molar-refractivity contribution in [3.8, 4) is 0 Å². The van der Waals surface area contributed by atoms with Crippen molar-refractivity contribution in [1.29, 1.82) is 0 Å². The Morgan fingerprint density at radius 3 is 0.687 bits per heavy atom. The van der Waals surface area contributed by atoms with E-state index in [1.165, 1.54) is 231 Å². The molecular weight excluding hydrogens is 1290 g/mol. The molecule has 0 rings (SSSR count). The van der Waals surface area contributed by atoms with E-state index >= 15 is 0 Å². The number of hydrogen-bond donors (Lipinski definition) is 3. The van der Waals surface area contributed by atoms with Gasteiger partial charge in [-0.05, 0) is 37.5 Å². The van der Waals surface area contributed by atoms with Crippen LogP contribution in [-0.4, -0.2) is 96.7 Å². The smallest absolute Gasteiger partial charge is 0.462 e. The average Bonchev–Trinajstić information content (AvgIpc) is 1.02. The normalized spacial score (nSPS) is 13.9. The van der Waals surface area contributed by atoms with Crippen LogP contribution in [0.2, 0.25) is 0 Å². The Bertz CT molecular complexity index is 1910. The Kier molecular flexibility index (Phi) is 70.3. The van der Waals surface area contributed by atoms with E-state index in [-0.39, 0.29) is 25.7 Å². The number of aliphatic hydroxyl groups is 1. The van der Waals surface area contributed by atoms with Gasteiger partial charge in [-0.1, -0.05) is 369 Å². The van der Waals surface area contributed by atoms with E-state index in [1.54, 1.807) is 0 Å². The molecule has 0 fully saturated rings. The number of carbonyl (C=O) groups excluding carboxylic acids is 4. The molecule has 0 saturated carbocycles. The van der Waals surface area contributed by atoms with Crippen LogP contribution in [-0.2, 0) is 65.4 Å². The van der Waals surface area contributed by atoms with E-state index in [4.69, 9.17) is 37.0 Å². The summed E-state index contributed by atoms with van der Waals surface area (Å²) in [5.74, 6) is -0.514. The van der Waals surface area contributed by atoms with E-state index < -0.39 is 97.5 Å². The largest absolute Gasteiger partial charge is 0.472 e. The van der Waals surface area contributed by atoms with Crippen LogP contribution in [0.15, 0.2) is 0 Å². The van der Waals surface area contributed by atoms with Crippen LogP contribution in [0.1, 0.15) is 420 Å². The zero-order valence-electron chi connectivity index (χ0n) is 64.8. The molecule has 0 heterocycles. The lowest BCUT2D eigenvalue weighted by molar-refractivity contribution is -0.161. The molecule has 0 aliphatic rings. The maximum atomic E-state index is 13.1. The number of carbonyl (C=O) groups is 4. The monoisotopic (exact) mass is 1450 g/mol. The number of rotatable bonds is 79. The third-order valence-corrected chi connectivity index (χ3v) is 20.6. The molecule has 0 aliphatic carbocycles. The summed E-state index contributed by atoms with van der Waals surface area (Å²) < 4.78 is 68.4. The van der Waals surface area contributed by atoms with Crippen molar-refractivity contribution in [3.63, 3.8) is 0 Å². The first-order valence-electron chi connectivity index (χ1n) is 41.5. The van der Waals surface area contributed by atoms with E-state index in [0.29, 0.717) is 25.7 Å². The summed E-state index contributed by atoms with van der Waals surface area (Å²) in [6.07, 6.45) is 61.5. The minimum absolute atomic E-state index is 0.106. The highest BCUT2D eigenvalue weighted by atomic mass is 31.2. The number of unbranched alkanes of at least 4 members (excludes halogenated alkanes) is 49. The third-order valence-electron chi connectivity index (χ3n) is 18.7. The summed E-state index contributed by atoms with van der Waals surface area (Å²) in [6, 6.07) is 0. The second kappa shape index (κ2) is 71.7. The predicted molar refractivity (Wildman–Crippen MR) is 405 cm³/mol. The number of phosphoric ester groups is 2. The Morgan fingerprint density at radius 1 is 0.273 bits per heavy atom. The number of aliphatic hydroxyl groups excluding tert-OH is 1. The number of phosphoric acid groups is 2. The van der Waals surface area contributed by atoms with E-state index in [0.717, 1.165) is 108 Å². The molecule has 0 spiro atoms. The van der Waals surface area contributed by atoms with Gasteiger partial charge in [-0.2, -0.15) is 0 Å². The Hall–Kier alpha value is -1.94. The maximum absolute atomic E-state index is 13.1. The molecule has 588 valence electrons. The van der Waals surface area contributed by atoms with Crippen LogP contribution < -0.4 is 0 Å². The van der Waals surface area contributed by atoms with Gasteiger partial charge in [0.15, 0.2) is 12.2 Å². The van der Waals surface area contributed by atoms with Gasteiger partial charge in [0.25, 0.3) is 0 Å². The highest BCUT2D eigenvalue weighted by Crippen LogP contribution is 2.45. The van der Waals surface area contributed by atoms with Crippen LogP contribution in [0, 0.1) is 11.8 Å². The Balaban J connectivity index is 5.12. The van der Waals surface area contributed by atoms with Gasteiger partial charge in [-0.25, -0.2) is 9.13 Å². The van der Waals surface area contributed by atoms with Crippen molar-refractivity contribution in [2.45, 2.75) is 439 Å². The molecule has 0 saturated heterocycles. The zero-order chi connectivity index (χ0) is 72.8. The number of esters is 4. The van der Waals surface area contributed by atoms with Crippen molar-refractivity contribution < 1.29 is 80.2 Å². The van der Waals surface area contributed by atoms with Gasteiger partial charge >= 0.3 is 39.5 Å². The number of ether oxygens (including phenoxy) is 4. The van der Waals surface area contributed by atoms with Gasteiger partial charge in [0.2, 0.25) is 0 Å². The van der Waals surface area contributed by atoms with Crippen molar-refractivity contribution in [1.82, 2.24) is 0 Å². The molecule has 3 N–H and O–H groups in total. The first-order valence-corrected chi connectivity index (χ1v) is 44.5. The second-order valence-corrected chi connectivity index (χ2v) is 32.7. The molecule has 0 amide bonds. The summed E-state index contributed by atoms with van der Waals surface area (Å²) in [5, 5.41) is 10.6. The highest BCUT2D eigenvalue weighted by Gasteiger charge is 2.30. The van der Waals surface area contributed by atoms with Crippen LogP contribution in [0.4, 0.5) is 0 Å². The minimum atomic E-state index is -4.96. The van der Waals surface area contributed by atoms with Crippen molar-refractivity contribution in [3.05, 3.63) is 0 Å². The third kappa shape index (κ3) is 74.1. The summed E-state index contributed by atoms with van der Waals surface area (Å²) in [6.45, 7) is 9.59. The molecule has 5 atom stereocenters. The molecular formula is C80H156O17P2. The first-order chi connectivity index (χ1) is 47.9. The van der Waals surface area contributed by atoms with Crippen LogP contribution >= 0.6 is 15.6 Å². The molecule has 99 heavy (non-hydrogen) atoms. The Labute approximate surface area is 607 Å². The van der Waals surface area contributed by atoms with E-state index in [2.05, 4.69) is 41.5 Å². The highest BCUT2D eigenvalue weighted by molar-refractivity contribution is 7.47. The van der Waals surface area contributed by atoms with Crippen molar-refractivity contribution in [2.24, 2.45) is 11.8 Å². The molecule has 0 aromatic heterocycles. The van der Waals surface area contributed by atoms with Crippen molar-refractivity contribution >= 4 is 39.5 Å². The fourth-order valence-electron chi connectivity index (χ4n) is 12.4.